The molecule has 1 aliphatic rings. The molecule has 1 rings (SSSR count). The highest BCUT2D eigenvalue weighted by atomic mass is 35.5. The van der Waals surface area contributed by atoms with E-state index in [2.05, 4.69) is 24.2 Å². The van der Waals surface area contributed by atoms with E-state index in [-0.39, 0.29) is 5.38 Å². The van der Waals surface area contributed by atoms with Crippen molar-refractivity contribution in [2.75, 3.05) is 33.3 Å². The lowest BCUT2D eigenvalue weighted by molar-refractivity contribution is -0.0191. The van der Waals surface area contributed by atoms with Crippen molar-refractivity contribution in [3.8, 4) is 0 Å². The zero-order valence-electron chi connectivity index (χ0n) is 10.0. The van der Waals surface area contributed by atoms with Gasteiger partial charge in [-0.3, -0.25) is 0 Å². The zero-order valence-corrected chi connectivity index (χ0v) is 10.8. The van der Waals surface area contributed by atoms with Crippen LogP contribution in [0.25, 0.3) is 0 Å². The Morgan fingerprint density at radius 1 is 1.53 bits per heavy atom. The summed E-state index contributed by atoms with van der Waals surface area (Å²) in [4.78, 5) is 2.31. The molecule has 3 atom stereocenters. The summed E-state index contributed by atoms with van der Waals surface area (Å²) in [5.74, 6) is 0. The van der Waals surface area contributed by atoms with Crippen molar-refractivity contribution in [2.24, 2.45) is 0 Å². The Hall–Kier alpha value is 0.170. The molecular weight excluding hydrogens is 212 g/mol. The van der Waals surface area contributed by atoms with Crippen molar-refractivity contribution in [3.05, 3.63) is 0 Å². The largest absolute Gasteiger partial charge is 0.374 e. The predicted octanol–water partition coefficient (Wildman–Crippen LogP) is 1.31. The first-order valence-corrected chi connectivity index (χ1v) is 6.19. The van der Waals surface area contributed by atoms with Gasteiger partial charge in [0.05, 0.1) is 12.7 Å². The summed E-state index contributed by atoms with van der Waals surface area (Å²) in [6, 6.07) is 0.466. The highest BCUT2D eigenvalue weighted by Crippen LogP contribution is 2.06. The summed E-state index contributed by atoms with van der Waals surface area (Å²) >= 11 is 5.94. The standard InChI is InChI=1S/C11H23ClN2O/c1-9(12)6-10(2)13-7-11-8-14(3)4-5-15-11/h9-11,13H,4-8H2,1-3H3. The van der Waals surface area contributed by atoms with E-state index in [0.717, 1.165) is 32.7 Å². The normalized spacial score (nSPS) is 27.6. The van der Waals surface area contributed by atoms with Crippen LogP contribution in [-0.2, 0) is 4.74 Å². The van der Waals surface area contributed by atoms with Crippen LogP contribution in [0, 0.1) is 0 Å². The van der Waals surface area contributed by atoms with Gasteiger partial charge < -0.3 is 15.0 Å². The number of alkyl halides is 1. The molecule has 0 aromatic rings. The first kappa shape index (κ1) is 13.2. The van der Waals surface area contributed by atoms with Gasteiger partial charge in [0, 0.05) is 31.1 Å². The summed E-state index contributed by atoms with van der Waals surface area (Å²) in [7, 11) is 2.14. The minimum atomic E-state index is 0.238. The van der Waals surface area contributed by atoms with Gasteiger partial charge in [-0.1, -0.05) is 0 Å². The number of likely N-dealkylation sites (N-methyl/N-ethyl adjacent to an activating group) is 1. The van der Waals surface area contributed by atoms with E-state index < -0.39 is 0 Å². The number of hydrogen-bond donors (Lipinski definition) is 1. The molecule has 1 fully saturated rings. The topological polar surface area (TPSA) is 24.5 Å². The average molecular weight is 235 g/mol. The summed E-state index contributed by atoms with van der Waals surface area (Å²) in [5.41, 5.74) is 0. The van der Waals surface area contributed by atoms with Crippen LogP contribution in [0.1, 0.15) is 20.3 Å². The summed E-state index contributed by atoms with van der Waals surface area (Å²) in [6.45, 7) is 8.05. The maximum absolute atomic E-state index is 5.94. The summed E-state index contributed by atoms with van der Waals surface area (Å²) < 4.78 is 5.67. The molecule has 0 amide bonds. The van der Waals surface area contributed by atoms with Crippen LogP contribution < -0.4 is 5.32 Å². The molecule has 4 heteroatoms. The molecule has 1 saturated heterocycles. The molecule has 3 nitrogen and oxygen atoms in total. The maximum Gasteiger partial charge on any atom is 0.0826 e. The number of rotatable bonds is 5. The van der Waals surface area contributed by atoms with Crippen LogP contribution in [0.3, 0.4) is 0 Å². The van der Waals surface area contributed by atoms with E-state index in [1.807, 2.05) is 6.92 Å². The Kier molecular flexibility index (Phi) is 5.90. The van der Waals surface area contributed by atoms with Crippen LogP contribution in [0.4, 0.5) is 0 Å². The first-order chi connectivity index (χ1) is 7.08. The van der Waals surface area contributed by atoms with Crippen molar-refractivity contribution in [1.29, 1.82) is 0 Å². The molecule has 3 unspecified atom stereocenters. The lowest BCUT2D eigenvalue weighted by Crippen LogP contribution is -2.46. The second-order valence-electron chi connectivity index (χ2n) is 4.58. The van der Waals surface area contributed by atoms with Gasteiger partial charge in [-0.2, -0.15) is 0 Å². The second-order valence-corrected chi connectivity index (χ2v) is 5.33. The van der Waals surface area contributed by atoms with Crippen LogP contribution in [0.15, 0.2) is 0 Å². The molecule has 0 bridgehead atoms. The Morgan fingerprint density at radius 2 is 2.27 bits per heavy atom. The maximum atomic E-state index is 5.94. The molecular formula is C11H23ClN2O. The third-order valence-corrected chi connectivity index (χ3v) is 2.89. The lowest BCUT2D eigenvalue weighted by Gasteiger charge is -2.31. The van der Waals surface area contributed by atoms with E-state index in [0.29, 0.717) is 12.1 Å². The third kappa shape index (κ3) is 5.71. The predicted molar refractivity (Wildman–Crippen MR) is 64.6 cm³/mol. The molecule has 15 heavy (non-hydrogen) atoms. The fraction of sp³-hybridized carbons (Fsp3) is 1.00. The van der Waals surface area contributed by atoms with Gasteiger partial charge in [-0.15, -0.1) is 11.6 Å². The molecule has 1 aliphatic heterocycles. The van der Waals surface area contributed by atoms with E-state index in [9.17, 15) is 0 Å². The number of halogens is 1. The van der Waals surface area contributed by atoms with Gasteiger partial charge in [-0.05, 0) is 27.3 Å². The fourth-order valence-corrected chi connectivity index (χ4v) is 2.16. The van der Waals surface area contributed by atoms with E-state index in [1.54, 1.807) is 0 Å². The molecule has 0 aliphatic carbocycles. The molecule has 0 radical (unpaired) electrons. The fourth-order valence-electron chi connectivity index (χ4n) is 1.89. The van der Waals surface area contributed by atoms with Crippen molar-refractivity contribution in [3.63, 3.8) is 0 Å². The molecule has 0 saturated carbocycles. The van der Waals surface area contributed by atoms with Gasteiger partial charge >= 0.3 is 0 Å². The Labute approximate surface area is 98.1 Å². The van der Waals surface area contributed by atoms with Crippen LogP contribution in [-0.4, -0.2) is 55.7 Å². The van der Waals surface area contributed by atoms with Crippen LogP contribution in [0.2, 0.25) is 0 Å². The van der Waals surface area contributed by atoms with Crippen molar-refractivity contribution < 1.29 is 4.74 Å². The van der Waals surface area contributed by atoms with Gasteiger partial charge in [0.25, 0.3) is 0 Å². The molecule has 0 aromatic carbocycles. The quantitative estimate of drug-likeness (QED) is 0.727. The minimum Gasteiger partial charge on any atom is -0.374 e. The minimum absolute atomic E-state index is 0.238. The molecule has 1 heterocycles. The SMILES string of the molecule is CC(Cl)CC(C)NCC1CN(C)CCO1. The first-order valence-electron chi connectivity index (χ1n) is 5.75. The smallest absolute Gasteiger partial charge is 0.0826 e. The number of morpholine rings is 1. The number of nitrogens with zero attached hydrogens (tertiary/aromatic N) is 1. The Balaban J connectivity index is 2.13. The van der Waals surface area contributed by atoms with E-state index in [1.165, 1.54) is 0 Å². The number of nitrogens with one attached hydrogen (secondary N) is 1. The zero-order chi connectivity index (χ0) is 11.3. The second kappa shape index (κ2) is 6.69. The van der Waals surface area contributed by atoms with Crippen molar-refractivity contribution >= 4 is 11.6 Å². The van der Waals surface area contributed by atoms with Crippen LogP contribution in [0.5, 0.6) is 0 Å². The van der Waals surface area contributed by atoms with Gasteiger partial charge in [0.1, 0.15) is 0 Å². The van der Waals surface area contributed by atoms with E-state index >= 15 is 0 Å². The van der Waals surface area contributed by atoms with Crippen molar-refractivity contribution in [1.82, 2.24) is 10.2 Å². The third-order valence-electron chi connectivity index (χ3n) is 2.71. The highest BCUT2D eigenvalue weighted by molar-refractivity contribution is 6.20. The summed E-state index contributed by atoms with van der Waals surface area (Å²) in [6.07, 6.45) is 1.33. The Bertz CT molecular complexity index is 178. The average Bonchev–Trinajstić information content (AvgIpc) is 2.14. The monoisotopic (exact) mass is 234 g/mol. The molecule has 1 N–H and O–H groups in total. The van der Waals surface area contributed by atoms with E-state index in [4.69, 9.17) is 16.3 Å². The van der Waals surface area contributed by atoms with Crippen LogP contribution >= 0.6 is 11.6 Å². The highest BCUT2D eigenvalue weighted by Gasteiger charge is 2.18. The van der Waals surface area contributed by atoms with Gasteiger partial charge in [0.15, 0.2) is 0 Å². The lowest BCUT2D eigenvalue weighted by atomic mass is 10.2. The van der Waals surface area contributed by atoms with Gasteiger partial charge in [0.2, 0.25) is 0 Å². The molecule has 90 valence electrons. The molecule has 0 spiro atoms. The molecule has 0 aromatic heterocycles. The summed E-state index contributed by atoms with van der Waals surface area (Å²) in [5, 5.41) is 3.71. The number of hydrogen-bond acceptors (Lipinski definition) is 3. The van der Waals surface area contributed by atoms with Gasteiger partial charge in [-0.25, -0.2) is 0 Å². The van der Waals surface area contributed by atoms with Crippen molar-refractivity contribution in [2.45, 2.75) is 37.8 Å². The number of ether oxygens (including phenoxy) is 1. The Morgan fingerprint density at radius 3 is 2.87 bits per heavy atom.